The van der Waals surface area contributed by atoms with Gasteiger partial charge in [0.1, 0.15) is 47.6 Å². The summed E-state index contributed by atoms with van der Waals surface area (Å²) < 4.78 is 0. The van der Waals surface area contributed by atoms with Crippen molar-refractivity contribution < 1.29 is 0 Å². The Morgan fingerprint density at radius 3 is 1.25 bits per heavy atom. The van der Waals surface area contributed by atoms with E-state index in [9.17, 15) is 10.5 Å². The molecule has 2 aliphatic carbocycles. The molecule has 0 saturated carbocycles. The Balaban J connectivity index is 1.74. The van der Waals surface area contributed by atoms with E-state index < -0.39 is 0 Å². The number of hydrogen-bond acceptors (Lipinski definition) is 8. The molecule has 0 saturated heterocycles. The maximum atomic E-state index is 9.38. The molecule has 158 valence electrons. The summed E-state index contributed by atoms with van der Waals surface area (Å²) in [4.78, 5) is 0. The van der Waals surface area contributed by atoms with Crippen molar-refractivity contribution in [1.82, 2.24) is 10.6 Å². The zero-order valence-corrected chi connectivity index (χ0v) is 17.8. The molecule has 0 heterocycles. The molecular formula is C24H22N8. The van der Waals surface area contributed by atoms with E-state index in [1.165, 1.54) is 0 Å². The molecule has 32 heavy (non-hydrogen) atoms. The van der Waals surface area contributed by atoms with Gasteiger partial charge >= 0.3 is 0 Å². The molecule has 0 amide bonds. The Bertz CT molecular complexity index is 1010. The van der Waals surface area contributed by atoms with Gasteiger partial charge in [0, 0.05) is 35.6 Å². The third-order valence-electron chi connectivity index (χ3n) is 5.51. The van der Waals surface area contributed by atoms with Gasteiger partial charge in [-0.25, -0.2) is 0 Å². The zero-order valence-electron chi connectivity index (χ0n) is 17.8. The van der Waals surface area contributed by atoms with Crippen LogP contribution in [0.1, 0.15) is 51.4 Å². The number of unbranched alkanes of at least 4 members (excludes halogenated alkanes) is 3. The fraction of sp³-hybridized carbons (Fsp3) is 0.417. The number of nitrogens with zero attached hydrogens (tertiary/aromatic N) is 6. The van der Waals surface area contributed by atoms with Gasteiger partial charge in [0.25, 0.3) is 0 Å². The molecule has 0 aromatic rings. The molecule has 0 fully saturated rings. The van der Waals surface area contributed by atoms with Crippen LogP contribution in [0.5, 0.6) is 0 Å². The Morgan fingerprint density at radius 2 is 0.938 bits per heavy atom. The van der Waals surface area contributed by atoms with Gasteiger partial charge in [-0.15, -0.1) is 0 Å². The third-order valence-corrected chi connectivity index (χ3v) is 5.51. The van der Waals surface area contributed by atoms with Gasteiger partial charge in [-0.1, -0.05) is 12.8 Å². The van der Waals surface area contributed by atoms with Crippen LogP contribution in [-0.4, -0.2) is 13.1 Å². The standard InChI is InChI=1S/C24H22N8/c25-11-17(12-26)19-5-7-23(21(19)15-29)31-9-3-1-2-4-10-32-24-8-6-20(22(24)16-30)18(13-27)14-28/h31-32H,1-10H2. The first-order chi connectivity index (χ1) is 15.6. The molecule has 0 aromatic carbocycles. The Morgan fingerprint density at radius 1 is 0.562 bits per heavy atom. The lowest BCUT2D eigenvalue weighted by Crippen LogP contribution is -2.16. The molecule has 2 rings (SSSR count). The summed E-state index contributed by atoms with van der Waals surface area (Å²) >= 11 is 0. The van der Waals surface area contributed by atoms with Crippen LogP contribution < -0.4 is 10.6 Å². The zero-order chi connectivity index (χ0) is 23.3. The summed E-state index contributed by atoms with van der Waals surface area (Å²) in [5, 5.41) is 61.4. The molecule has 2 N–H and O–H groups in total. The van der Waals surface area contributed by atoms with Gasteiger partial charge in [0.05, 0.1) is 11.1 Å². The minimum atomic E-state index is 0.0156. The van der Waals surface area contributed by atoms with Crippen LogP contribution in [0.15, 0.2) is 44.8 Å². The van der Waals surface area contributed by atoms with E-state index >= 15 is 0 Å². The quantitative estimate of drug-likeness (QED) is 0.420. The molecule has 2 aliphatic rings. The lowest BCUT2D eigenvalue weighted by Gasteiger charge is -2.09. The van der Waals surface area contributed by atoms with E-state index in [0.29, 0.717) is 48.0 Å². The molecule has 0 unspecified atom stereocenters. The molecular weight excluding hydrogens is 400 g/mol. The minimum Gasteiger partial charge on any atom is -0.387 e. The lowest BCUT2D eigenvalue weighted by atomic mass is 10.0. The summed E-state index contributed by atoms with van der Waals surface area (Å²) in [5.74, 6) is 0. The highest BCUT2D eigenvalue weighted by atomic mass is 14.9. The summed E-state index contributed by atoms with van der Waals surface area (Å²) in [7, 11) is 0. The Kier molecular flexibility index (Phi) is 9.10. The monoisotopic (exact) mass is 422 g/mol. The second kappa shape index (κ2) is 12.3. The van der Waals surface area contributed by atoms with Crippen molar-refractivity contribution in [3.8, 4) is 36.4 Å². The first-order valence-corrected chi connectivity index (χ1v) is 10.5. The van der Waals surface area contributed by atoms with Crippen molar-refractivity contribution >= 4 is 0 Å². The van der Waals surface area contributed by atoms with E-state index in [1.54, 1.807) is 0 Å². The fourth-order valence-corrected chi connectivity index (χ4v) is 3.89. The molecule has 0 aromatic heterocycles. The molecule has 0 aliphatic heterocycles. The van der Waals surface area contributed by atoms with E-state index in [1.807, 2.05) is 24.3 Å². The van der Waals surface area contributed by atoms with Crippen molar-refractivity contribution in [2.45, 2.75) is 51.4 Å². The molecule has 0 atom stereocenters. The lowest BCUT2D eigenvalue weighted by molar-refractivity contribution is 0.594. The van der Waals surface area contributed by atoms with Crippen LogP contribution in [0, 0.1) is 68.0 Å². The number of rotatable bonds is 9. The maximum Gasteiger partial charge on any atom is 0.134 e. The van der Waals surface area contributed by atoms with Gasteiger partial charge in [-0.05, 0) is 38.5 Å². The van der Waals surface area contributed by atoms with Crippen molar-refractivity contribution in [2.24, 2.45) is 0 Å². The summed E-state index contributed by atoms with van der Waals surface area (Å²) in [5.41, 5.74) is 3.58. The first-order valence-electron chi connectivity index (χ1n) is 10.5. The van der Waals surface area contributed by atoms with Crippen LogP contribution in [0.4, 0.5) is 0 Å². The number of nitrogens with one attached hydrogen (secondary N) is 2. The van der Waals surface area contributed by atoms with Crippen molar-refractivity contribution in [3.63, 3.8) is 0 Å². The number of allylic oxidation sites excluding steroid dienone is 8. The van der Waals surface area contributed by atoms with Gasteiger partial charge in [-0.3, -0.25) is 0 Å². The van der Waals surface area contributed by atoms with Gasteiger partial charge in [0.2, 0.25) is 0 Å². The normalized spacial score (nSPS) is 14.6. The largest absolute Gasteiger partial charge is 0.387 e. The summed E-state index contributed by atoms with van der Waals surface area (Å²) in [6.45, 7) is 1.44. The summed E-state index contributed by atoms with van der Waals surface area (Å²) in [6.07, 6.45) is 6.20. The van der Waals surface area contributed by atoms with Crippen molar-refractivity contribution in [1.29, 1.82) is 31.6 Å². The van der Waals surface area contributed by atoms with Crippen LogP contribution in [-0.2, 0) is 0 Å². The molecule has 0 radical (unpaired) electrons. The maximum absolute atomic E-state index is 9.38. The SMILES string of the molecule is N#CC(C#N)=C1CCC(NCCCCCCNC2=C(C#N)C(=C(C#N)C#N)CC2)=C1C#N. The topological polar surface area (TPSA) is 167 Å². The highest BCUT2D eigenvalue weighted by Gasteiger charge is 2.24. The van der Waals surface area contributed by atoms with E-state index in [4.69, 9.17) is 21.0 Å². The van der Waals surface area contributed by atoms with Crippen molar-refractivity contribution in [2.75, 3.05) is 13.1 Å². The van der Waals surface area contributed by atoms with E-state index in [2.05, 4.69) is 22.8 Å². The fourth-order valence-electron chi connectivity index (χ4n) is 3.89. The first kappa shape index (κ1) is 23.8. The molecule has 8 heteroatoms. The average molecular weight is 422 g/mol. The van der Waals surface area contributed by atoms with Gasteiger partial charge in [0.15, 0.2) is 0 Å². The molecule has 8 nitrogen and oxygen atoms in total. The minimum absolute atomic E-state index is 0.0156. The molecule has 0 spiro atoms. The predicted molar refractivity (Wildman–Crippen MR) is 115 cm³/mol. The van der Waals surface area contributed by atoms with Crippen LogP contribution in [0.3, 0.4) is 0 Å². The average Bonchev–Trinajstić information content (AvgIpc) is 3.41. The van der Waals surface area contributed by atoms with Crippen molar-refractivity contribution in [3.05, 3.63) is 44.8 Å². The summed E-state index contributed by atoms with van der Waals surface area (Å²) in [6, 6.07) is 11.7. The number of hydrogen-bond donors (Lipinski definition) is 2. The number of nitriles is 6. The van der Waals surface area contributed by atoms with Crippen LogP contribution in [0.2, 0.25) is 0 Å². The second-order valence-electron chi connectivity index (χ2n) is 7.35. The second-order valence-corrected chi connectivity index (χ2v) is 7.35. The predicted octanol–water partition coefficient (Wildman–Crippen LogP) is 3.56. The smallest absolute Gasteiger partial charge is 0.134 e. The van der Waals surface area contributed by atoms with Gasteiger partial charge < -0.3 is 10.6 Å². The van der Waals surface area contributed by atoms with Crippen LogP contribution in [0.25, 0.3) is 0 Å². The highest BCUT2D eigenvalue weighted by molar-refractivity contribution is 5.59. The molecule has 0 bridgehead atoms. The van der Waals surface area contributed by atoms with Crippen LogP contribution >= 0.6 is 0 Å². The highest BCUT2D eigenvalue weighted by Crippen LogP contribution is 2.32. The van der Waals surface area contributed by atoms with E-state index in [0.717, 1.165) is 50.2 Å². The Hall–Kier alpha value is -4.50. The third kappa shape index (κ3) is 5.55. The van der Waals surface area contributed by atoms with E-state index in [-0.39, 0.29) is 11.1 Å². The Labute approximate surface area is 188 Å². The van der Waals surface area contributed by atoms with Gasteiger partial charge in [-0.2, -0.15) is 31.6 Å².